The molecule has 5 nitrogen and oxygen atoms in total. The summed E-state index contributed by atoms with van der Waals surface area (Å²) in [6.45, 7) is 6.97. The number of amides is 2. The predicted octanol–water partition coefficient (Wildman–Crippen LogP) is 3.04. The van der Waals surface area contributed by atoms with E-state index in [4.69, 9.17) is 4.74 Å². The quantitative estimate of drug-likeness (QED) is 0.835. The Morgan fingerprint density at radius 2 is 1.35 bits per heavy atom. The van der Waals surface area contributed by atoms with E-state index in [1.807, 2.05) is 20.8 Å². The lowest BCUT2D eigenvalue weighted by Gasteiger charge is -2.25. The topological polar surface area (TPSA) is 49.9 Å². The van der Waals surface area contributed by atoms with Crippen molar-refractivity contribution in [2.24, 2.45) is 0 Å². The molecule has 0 bridgehead atoms. The van der Waals surface area contributed by atoms with Crippen molar-refractivity contribution in [2.45, 2.75) is 33.3 Å². The first-order valence-electron chi connectivity index (χ1n) is 6.43. The van der Waals surface area contributed by atoms with E-state index >= 15 is 0 Å². The van der Waals surface area contributed by atoms with Gasteiger partial charge in [-0.3, -0.25) is 9.69 Å². The van der Waals surface area contributed by atoms with Crippen molar-refractivity contribution in [3.8, 4) is 0 Å². The lowest BCUT2D eigenvalue weighted by atomic mass is 10.2. The maximum absolute atomic E-state index is 11.9. The van der Waals surface area contributed by atoms with Crippen LogP contribution in [-0.4, -0.2) is 31.7 Å². The minimum Gasteiger partial charge on any atom is -0.443 e. The maximum Gasteiger partial charge on any atom is 0.414 e. The second-order valence-corrected chi connectivity index (χ2v) is 5.63. The second kappa shape index (κ2) is 5.94. The van der Waals surface area contributed by atoms with Crippen molar-refractivity contribution in [3.05, 3.63) is 24.3 Å². The fraction of sp³-hybridized carbons (Fsp3) is 0.467. The molecule has 0 aliphatic carbocycles. The van der Waals surface area contributed by atoms with E-state index in [2.05, 4.69) is 0 Å². The summed E-state index contributed by atoms with van der Waals surface area (Å²) in [7, 11) is 3.35. The van der Waals surface area contributed by atoms with Gasteiger partial charge in [0.2, 0.25) is 5.91 Å². The number of rotatable bonds is 2. The van der Waals surface area contributed by atoms with E-state index in [1.165, 1.54) is 16.7 Å². The molecule has 5 heteroatoms. The highest BCUT2D eigenvalue weighted by atomic mass is 16.6. The molecule has 0 saturated heterocycles. The molecule has 0 heterocycles. The molecular weight excluding hydrogens is 256 g/mol. The number of anilines is 2. The van der Waals surface area contributed by atoms with E-state index in [1.54, 1.807) is 38.4 Å². The molecule has 110 valence electrons. The third kappa shape index (κ3) is 4.26. The van der Waals surface area contributed by atoms with Gasteiger partial charge in [0.15, 0.2) is 0 Å². The van der Waals surface area contributed by atoms with Gasteiger partial charge in [-0.2, -0.15) is 0 Å². The van der Waals surface area contributed by atoms with Crippen LogP contribution >= 0.6 is 0 Å². The van der Waals surface area contributed by atoms with Gasteiger partial charge in [0.05, 0.1) is 0 Å². The first kappa shape index (κ1) is 16.0. The van der Waals surface area contributed by atoms with E-state index in [0.29, 0.717) is 5.69 Å². The fourth-order valence-corrected chi connectivity index (χ4v) is 1.52. The first-order valence-corrected chi connectivity index (χ1v) is 6.43. The predicted molar refractivity (Wildman–Crippen MR) is 80.2 cm³/mol. The number of benzene rings is 1. The van der Waals surface area contributed by atoms with Crippen molar-refractivity contribution in [1.82, 2.24) is 0 Å². The molecule has 0 aromatic heterocycles. The van der Waals surface area contributed by atoms with Crippen molar-refractivity contribution in [3.63, 3.8) is 0 Å². The van der Waals surface area contributed by atoms with E-state index in [9.17, 15) is 9.59 Å². The molecule has 20 heavy (non-hydrogen) atoms. The Bertz CT molecular complexity index is 489. The SMILES string of the molecule is CC(=O)N(C)c1ccc(N(C)C(=O)OC(C)(C)C)cc1. The molecular formula is C15H22N2O3. The summed E-state index contributed by atoms with van der Waals surface area (Å²) >= 11 is 0. The average molecular weight is 278 g/mol. The smallest absolute Gasteiger partial charge is 0.414 e. The lowest BCUT2D eigenvalue weighted by Crippen LogP contribution is -2.34. The Morgan fingerprint density at radius 1 is 0.950 bits per heavy atom. The summed E-state index contributed by atoms with van der Waals surface area (Å²) in [6, 6.07) is 7.13. The molecule has 0 spiro atoms. The van der Waals surface area contributed by atoms with E-state index < -0.39 is 11.7 Å². The van der Waals surface area contributed by atoms with Crippen molar-refractivity contribution in [1.29, 1.82) is 0 Å². The van der Waals surface area contributed by atoms with Gasteiger partial charge in [-0.15, -0.1) is 0 Å². The van der Waals surface area contributed by atoms with Crippen LogP contribution in [-0.2, 0) is 9.53 Å². The van der Waals surface area contributed by atoms with Crippen LogP contribution in [0.2, 0.25) is 0 Å². The number of nitrogens with zero attached hydrogens (tertiary/aromatic N) is 2. The van der Waals surface area contributed by atoms with Crippen LogP contribution in [0.5, 0.6) is 0 Å². The highest BCUT2D eigenvalue weighted by Gasteiger charge is 2.20. The van der Waals surface area contributed by atoms with Crippen LogP contribution in [0.3, 0.4) is 0 Å². The summed E-state index contributed by atoms with van der Waals surface area (Å²) in [5, 5.41) is 0. The monoisotopic (exact) mass is 278 g/mol. The zero-order valence-corrected chi connectivity index (χ0v) is 12.9. The number of carbonyl (C=O) groups excluding carboxylic acids is 2. The van der Waals surface area contributed by atoms with Gasteiger partial charge in [0.1, 0.15) is 5.60 Å². The number of ether oxygens (including phenoxy) is 1. The molecule has 2 amide bonds. The Labute approximate surface area is 120 Å². The summed E-state index contributed by atoms with van der Waals surface area (Å²) in [5.41, 5.74) is 0.957. The van der Waals surface area contributed by atoms with Gasteiger partial charge in [0, 0.05) is 32.4 Å². The van der Waals surface area contributed by atoms with Crippen molar-refractivity contribution >= 4 is 23.4 Å². The minimum absolute atomic E-state index is 0.0433. The molecule has 1 aromatic rings. The molecule has 1 rings (SSSR count). The maximum atomic E-state index is 11.9. The number of carbonyl (C=O) groups is 2. The Balaban J connectivity index is 2.83. The normalized spacial score (nSPS) is 10.9. The molecule has 0 aliphatic heterocycles. The Morgan fingerprint density at radius 3 is 1.70 bits per heavy atom. The first-order chi connectivity index (χ1) is 9.11. The molecule has 0 radical (unpaired) electrons. The Hall–Kier alpha value is -2.04. The highest BCUT2D eigenvalue weighted by molar-refractivity contribution is 5.92. The van der Waals surface area contributed by atoms with Crippen LogP contribution in [0.15, 0.2) is 24.3 Å². The zero-order chi connectivity index (χ0) is 15.5. The number of hydrogen-bond acceptors (Lipinski definition) is 3. The summed E-state index contributed by atoms with van der Waals surface area (Å²) < 4.78 is 5.29. The Kier molecular flexibility index (Phi) is 4.76. The van der Waals surface area contributed by atoms with Gasteiger partial charge in [0.25, 0.3) is 0 Å². The minimum atomic E-state index is -0.528. The van der Waals surface area contributed by atoms with Gasteiger partial charge in [-0.25, -0.2) is 4.79 Å². The van der Waals surface area contributed by atoms with Crippen molar-refractivity contribution < 1.29 is 14.3 Å². The third-order valence-corrected chi connectivity index (χ3v) is 2.76. The summed E-state index contributed by atoms with van der Waals surface area (Å²) in [4.78, 5) is 26.2. The zero-order valence-electron chi connectivity index (χ0n) is 12.9. The van der Waals surface area contributed by atoms with Crippen LogP contribution in [0, 0.1) is 0 Å². The third-order valence-electron chi connectivity index (χ3n) is 2.76. The molecule has 0 aliphatic rings. The van der Waals surface area contributed by atoms with Gasteiger partial charge >= 0.3 is 6.09 Å². The van der Waals surface area contributed by atoms with Gasteiger partial charge < -0.3 is 9.64 Å². The van der Waals surface area contributed by atoms with Crippen LogP contribution in [0.25, 0.3) is 0 Å². The molecule has 0 saturated carbocycles. The number of hydrogen-bond donors (Lipinski definition) is 0. The van der Waals surface area contributed by atoms with Crippen molar-refractivity contribution in [2.75, 3.05) is 23.9 Å². The highest BCUT2D eigenvalue weighted by Crippen LogP contribution is 2.21. The van der Waals surface area contributed by atoms with Gasteiger partial charge in [-0.1, -0.05) is 0 Å². The molecule has 0 N–H and O–H groups in total. The molecule has 0 unspecified atom stereocenters. The lowest BCUT2D eigenvalue weighted by molar-refractivity contribution is -0.116. The van der Waals surface area contributed by atoms with E-state index in [-0.39, 0.29) is 5.91 Å². The van der Waals surface area contributed by atoms with Crippen LogP contribution in [0.4, 0.5) is 16.2 Å². The second-order valence-electron chi connectivity index (χ2n) is 5.63. The van der Waals surface area contributed by atoms with Gasteiger partial charge in [-0.05, 0) is 45.0 Å². The molecule has 1 aromatic carbocycles. The fourth-order valence-electron chi connectivity index (χ4n) is 1.52. The summed E-state index contributed by atoms with van der Waals surface area (Å²) in [5.74, 6) is -0.0433. The summed E-state index contributed by atoms with van der Waals surface area (Å²) in [6.07, 6.45) is -0.412. The van der Waals surface area contributed by atoms with E-state index in [0.717, 1.165) is 5.69 Å². The standard InChI is InChI=1S/C15H22N2O3/c1-11(18)16(5)12-7-9-13(10-8-12)17(6)14(19)20-15(2,3)4/h7-10H,1-6H3. The molecule has 0 fully saturated rings. The van der Waals surface area contributed by atoms with Crippen LogP contribution in [0.1, 0.15) is 27.7 Å². The van der Waals surface area contributed by atoms with Crippen LogP contribution < -0.4 is 9.80 Å². The molecule has 0 atom stereocenters. The largest absolute Gasteiger partial charge is 0.443 e. The average Bonchev–Trinajstić information content (AvgIpc) is 2.35.